The average Bonchev–Trinajstić information content (AvgIpc) is 2.07. The molecule has 1 aliphatic rings. The Kier molecular flexibility index (Phi) is 1.58. The molecular formula is C11H10O. The quantitative estimate of drug-likeness (QED) is 0.613. The van der Waals surface area contributed by atoms with Crippen molar-refractivity contribution in [3.63, 3.8) is 0 Å². The highest BCUT2D eigenvalue weighted by molar-refractivity contribution is 6.06. The lowest BCUT2D eigenvalue weighted by molar-refractivity contribution is 0.0968. The Balaban J connectivity index is 2.44. The number of allylic oxidation sites excluding steroid dienone is 1. The number of rotatable bonds is 1. The minimum atomic E-state index is 0.274. The first-order valence-corrected chi connectivity index (χ1v) is 4.10. The van der Waals surface area contributed by atoms with Gasteiger partial charge >= 0.3 is 0 Å². The van der Waals surface area contributed by atoms with E-state index in [1.807, 2.05) is 37.3 Å². The van der Waals surface area contributed by atoms with Gasteiger partial charge in [-0.25, -0.2) is 0 Å². The van der Waals surface area contributed by atoms with Crippen molar-refractivity contribution in [2.24, 2.45) is 0 Å². The molecule has 0 aromatic heterocycles. The first kappa shape index (κ1) is 7.29. The van der Waals surface area contributed by atoms with Crippen LogP contribution in [0.25, 0.3) is 6.08 Å². The van der Waals surface area contributed by atoms with Crippen LogP contribution in [-0.2, 0) is 6.42 Å². The van der Waals surface area contributed by atoms with E-state index in [0.717, 1.165) is 11.1 Å². The van der Waals surface area contributed by atoms with Crippen LogP contribution < -0.4 is 0 Å². The van der Waals surface area contributed by atoms with Gasteiger partial charge in [0.1, 0.15) is 0 Å². The van der Waals surface area contributed by atoms with Gasteiger partial charge in [0.15, 0.2) is 5.78 Å². The first-order valence-electron chi connectivity index (χ1n) is 4.10. The maximum Gasteiger partial charge on any atom is 0.167 e. The summed E-state index contributed by atoms with van der Waals surface area (Å²) in [5.74, 6) is 0.274. The summed E-state index contributed by atoms with van der Waals surface area (Å²) in [4.78, 5) is 11.1. The molecule has 0 saturated heterocycles. The van der Waals surface area contributed by atoms with Crippen molar-refractivity contribution in [3.05, 3.63) is 41.0 Å². The number of ketones is 1. The summed E-state index contributed by atoms with van der Waals surface area (Å²) in [6.07, 6.45) is 4.61. The van der Waals surface area contributed by atoms with E-state index in [9.17, 15) is 4.79 Å². The van der Waals surface area contributed by atoms with Crippen LogP contribution in [0.1, 0.15) is 28.4 Å². The summed E-state index contributed by atoms with van der Waals surface area (Å²) in [5, 5.41) is 0. The number of hydrogen-bond donors (Lipinski definition) is 0. The molecule has 1 heteroatoms. The van der Waals surface area contributed by atoms with Crippen LogP contribution in [0.15, 0.2) is 24.3 Å². The van der Waals surface area contributed by atoms with E-state index in [1.54, 1.807) is 0 Å². The van der Waals surface area contributed by atoms with Crippen molar-refractivity contribution in [1.29, 1.82) is 0 Å². The second-order valence-electron chi connectivity index (χ2n) is 3.02. The molecule has 0 radical (unpaired) electrons. The Hall–Kier alpha value is -1.37. The van der Waals surface area contributed by atoms with Gasteiger partial charge in [0.2, 0.25) is 0 Å². The van der Waals surface area contributed by atoms with Gasteiger partial charge in [0.05, 0.1) is 0 Å². The molecule has 12 heavy (non-hydrogen) atoms. The van der Waals surface area contributed by atoms with Gasteiger partial charge in [0.25, 0.3) is 0 Å². The lowest BCUT2D eigenvalue weighted by atomic mass is 9.86. The van der Waals surface area contributed by atoms with Crippen molar-refractivity contribution in [2.75, 3.05) is 0 Å². The molecule has 0 fully saturated rings. The minimum Gasteiger partial charge on any atom is -0.294 e. The third-order valence-electron chi connectivity index (χ3n) is 2.14. The lowest BCUT2D eigenvalue weighted by Crippen LogP contribution is -2.18. The van der Waals surface area contributed by atoms with Crippen LogP contribution in [-0.4, -0.2) is 5.78 Å². The molecule has 1 aromatic rings. The number of carbonyl (C=O) groups is 1. The molecule has 0 saturated carbocycles. The van der Waals surface area contributed by atoms with E-state index in [4.69, 9.17) is 0 Å². The molecule has 0 heterocycles. The van der Waals surface area contributed by atoms with Crippen molar-refractivity contribution in [3.8, 4) is 0 Å². The highest BCUT2D eigenvalue weighted by Gasteiger charge is 2.22. The fraction of sp³-hybridized carbons (Fsp3) is 0.182. The maximum absolute atomic E-state index is 11.1. The maximum atomic E-state index is 11.1. The van der Waals surface area contributed by atoms with Gasteiger partial charge in [-0.2, -0.15) is 0 Å². The van der Waals surface area contributed by atoms with Crippen LogP contribution in [0.2, 0.25) is 0 Å². The molecule has 0 unspecified atom stereocenters. The van der Waals surface area contributed by atoms with Crippen molar-refractivity contribution < 1.29 is 4.79 Å². The Morgan fingerprint density at radius 3 is 2.92 bits per heavy atom. The van der Waals surface area contributed by atoms with Crippen LogP contribution in [0, 0.1) is 0 Å². The van der Waals surface area contributed by atoms with Crippen LogP contribution in [0.3, 0.4) is 0 Å². The second-order valence-corrected chi connectivity index (χ2v) is 3.02. The molecule has 2 rings (SSSR count). The number of fused-ring (bicyclic) bond motifs is 1. The third-order valence-corrected chi connectivity index (χ3v) is 2.14. The van der Waals surface area contributed by atoms with Gasteiger partial charge in [-0.15, -0.1) is 0 Å². The van der Waals surface area contributed by atoms with E-state index in [1.165, 1.54) is 5.56 Å². The predicted molar refractivity (Wildman–Crippen MR) is 49.2 cm³/mol. The summed E-state index contributed by atoms with van der Waals surface area (Å²) in [6, 6.07) is 6.04. The number of carbonyl (C=O) groups excluding carboxylic acids is 1. The SMILES string of the molecule is C/C=C/c1ccc2c(c1)C(=O)C2. The topological polar surface area (TPSA) is 17.1 Å². The lowest BCUT2D eigenvalue weighted by Gasteiger charge is -2.16. The summed E-state index contributed by atoms with van der Waals surface area (Å²) < 4.78 is 0. The Morgan fingerprint density at radius 2 is 2.25 bits per heavy atom. The Bertz CT molecular complexity index is 361. The van der Waals surface area contributed by atoms with E-state index >= 15 is 0 Å². The van der Waals surface area contributed by atoms with E-state index < -0.39 is 0 Å². The Labute approximate surface area is 71.7 Å². The number of benzene rings is 1. The van der Waals surface area contributed by atoms with Gasteiger partial charge in [-0.1, -0.05) is 24.3 Å². The summed E-state index contributed by atoms with van der Waals surface area (Å²) >= 11 is 0. The number of hydrogen-bond acceptors (Lipinski definition) is 1. The van der Waals surface area contributed by atoms with Crippen LogP contribution in [0.5, 0.6) is 0 Å². The van der Waals surface area contributed by atoms with E-state index in [-0.39, 0.29) is 5.78 Å². The van der Waals surface area contributed by atoms with Crippen LogP contribution >= 0.6 is 0 Å². The van der Waals surface area contributed by atoms with Crippen molar-refractivity contribution in [1.82, 2.24) is 0 Å². The monoisotopic (exact) mass is 158 g/mol. The summed E-state index contributed by atoms with van der Waals surface area (Å²) in [6.45, 7) is 1.97. The highest BCUT2D eigenvalue weighted by atomic mass is 16.1. The van der Waals surface area contributed by atoms with Crippen molar-refractivity contribution in [2.45, 2.75) is 13.3 Å². The molecule has 0 aliphatic heterocycles. The standard InChI is InChI=1S/C11H10O/c1-2-3-8-4-5-9-7-11(12)10(9)6-8/h2-6H,7H2,1H3/b3-2+. The molecule has 0 amide bonds. The number of Topliss-reactive ketones (excluding diaryl/α,β-unsaturated/α-hetero) is 1. The van der Waals surface area contributed by atoms with Gasteiger partial charge in [-0.3, -0.25) is 4.79 Å². The summed E-state index contributed by atoms with van der Waals surface area (Å²) in [7, 11) is 0. The normalized spacial score (nSPS) is 14.6. The molecule has 1 aromatic carbocycles. The molecule has 60 valence electrons. The molecule has 0 N–H and O–H groups in total. The molecule has 1 aliphatic carbocycles. The van der Waals surface area contributed by atoms with Gasteiger partial charge < -0.3 is 0 Å². The fourth-order valence-corrected chi connectivity index (χ4v) is 1.47. The van der Waals surface area contributed by atoms with E-state index in [0.29, 0.717) is 6.42 Å². The zero-order chi connectivity index (χ0) is 8.55. The molecule has 0 bridgehead atoms. The summed E-state index contributed by atoms with van der Waals surface area (Å²) in [5.41, 5.74) is 3.21. The minimum absolute atomic E-state index is 0.274. The largest absolute Gasteiger partial charge is 0.294 e. The molecule has 0 atom stereocenters. The third kappa shape index (κ3) is 0.981. The molecule has 1 nitrogen and oxygen atoms in total. The van der Waals surface area contributed by atoms with Crippen molar-refractivity contribution >= 4 is 11.9 Å². The average molecular weight is 158 g/mol. The van der Waals surface area contributed by atoms with Crippen LogP contribution in [0.4, 0.5) is 0 Å². The second kappa shape index (κ2) is 2.59. The molecule has 0 spiro atoms. The first-order chi connectivity index (χ1) is 5.81. The van der Waals surface area contributed by atoms with Gasteiger partial charge in [-0.05, 0) is 24.1 Å². The highest BCUT2D eigenvalue weighted by Crippen LogP contribution is 2.24. The Morgan fingerprint density at radius 1 is 1.42 bits per heavy atom. The van der Waals surface area contributed by atoms with E-state index in [2.05, 4.69) is 0 Å². The van der Waals surface area contributed by atoms with Gasteiger partial charge in [0, 0.05) is 12.0 Å². The fourth-order valence-electron chi connectivity index (χ4n) is 1.47. The molecular weight excluding hydrogens is 148 g/mol. The zero-order valence-corrected chi connectivity index (χ0v) is 7.00. The predicted octanol–water partition coefficient (Wildman–Crippen LogP) is 2.46. The zero-order valence-electron chi connectivity index (χ0n) is 7.00. The smallest absolute Gasteiger partial charge is 0.167 e.